The van der Waals surface area contributed by atoms with Gasteiger partial charge in [0.15, 0.2) is 0 Å². The number of carboxylic acid groups (broad SMARTS) is 1. The second kappa shape index (κ2) is 7.61. The lowest BCUT2D eigenvalue weighted by atomic mass is 10.0. The van der Waals surface area contributed by atoms with E-state index in [0.717, 1.165) is 34.7 Å². The van der Waals surface area contributed by atoms with Gasteiger partial charge < -0.3 is 15.2 Å². The van der Waals surface area contributed by atoms with Crippen molar-refractivity contribution < 1.29 is 14.6 Å². The van der Waals surface area contributed by atoms with Crippen LogP contribution in [0.1, 0.15) is 23.1 Å². The van der Waals surface area contributed by atoms with Crippen molar-refractivity contribution in [1.29, 1.82) is 0 Å². The molecule has 2 rings (SSSR count). The molecule has 0 radical (unpaired) electrons. The third kappa shape index (κ3) is 4.60. The number of ether oxygens (including phenoxy) is 1. The van der Waals surface area contributed by atoms with E-state index in [1.165, 1.54) is 0 Å². The summed E-state index contributed by atoms with van der Waals surface area (Å²) in [6, 6.07) is 13.7. The van der Waals surface area contributed by atoms with Crippen LogP contribution in [0.5, 0.6) is 11.5 Å². The molecule has 0 aliphatic rings. The SMILES string of the molecule is CNCc1cccc(Oc2ccc(CCC(=O)O)c(C)c2)c1. The Labute approximate surface area is 130 Å². The van der Waals surface area contributed by atoms with Gasteiger partial charge in [0.25, 0.3) is 0 Å². The van der Waals surface area contributed by atoms with Crippen LogP contribution >= 0.6 is 0 Å². The van der Waals surface area contributed by atoms with Gasteiger partial charge in [-0.15, -0.1) is 0 Å². The fraction of sp³-hybridized carbons (Fsp3) is 0.278. The van der Waals surface area contributed by atoms with Gasteiger partial charge >= 0.3 is 5.97 Å². The van der Waals surface area contributed by atoms with Gasteiger partial charge in [0.05, 0.1) is 0 Å². The van der Waals surface area contributed by atoms with Gasteiger partial charge in [-0.2, -0.15) is 0 Å². The molecule has 0 spiro atoms. The van der Waals surface area contributed by atoms with Crippen molar-refractivity contribution in [3.8, 4) is 11.5 Å². The molecule has 0 heterocycles. The van der Waals surface area contributed by atoms with E-state index >= 15 is 0 Å². The fourth-order valence-electron chi connectivity index (χ4n) is 2.31. The number of aliphatic carboxylic acids is 1. The van der Waals surface area contributed by atoms with Crippen LogP contribution in [0.2, 0.25) is 0 Å². The van der Waals surface area contributed by atoms with Crippen LogP contribution in [0.25, 0.3) is 0 Å². The number of aryl methyl sites for hydroxylation is 2. The highest BCUT2D eigenvalue weighted by molar-refractivity contribution is 5.67. The summed E-state index contributed by atoms with van der Waals surface area (Å²) in [5.74, 6) is 0.782. The van der Waals surface area contributed by atoms with Crippen molar-refractivity contribution in [3.63, 3.8) is 0 Å². The third-order valence-electron chi connectivity index (χ3n) is 3.44. The molecule has 0 saturated carbocycles. The highest BCUT2D eigenvalue weighted by Gasteiger charge is 2.05. The predicted molar refractivity (Wildman–Crippen MR) is 86.4 cm³/mol. The summed E-state index contributed by atoms with van der Waals surface area (Å²) in [6.45, 7) is 2.77. The van der Waals surface area contributed by atoms with Gasteiger partial charge in [-0.25, -0.2) is 0 Å². The van der Waals surface area contributed by atoms with E-state index in [4.69, 9.17) is 9.84 Å². The van der Waals surface area contributed by atoms with E-state index in [1.54, 1.807) is 0 Å². The number of hydrogen-bond donors (Lipinski definition) is 2. The highest BCUT2D eigenvalue weighted by Crippen LogP contribution is 2.25. The van der Waals surface area contributed by atoms with Crippen LogP contribution in [0, 0.1) is 6.92 Å². The zero-order valence-corrected chi connectivity index (χ0v) is 12.9. The van der Waals surface area contributed by atoms with Crippen LogP contribution in [0.3, 0.4) is 0 Å². The minimum absolute atomic E-state index is 0.146. The van der Waals surface area contributed by atoms with Crippen LogP contribution in [0.4, 0.5) is 0 Å². The number of nitrogens with one attached hydrogen (secondary N) is 1. The van der Waals surface area contributed by atoms with Gasteiger partial charge in [0.2, 0.25) is 0 Å². The Morgan fingerprint density at radius 1 is 1.18 bits per heavy atom. The molecule has 2 N–H and O–H groups in total. The predicted octanol–water partition coefficient (Wildman–Crippen LogP) is 3.52. The molecule has 0 aliphatic heterocycles. The first-order valence-electron chi connectivity index (χ1n) is 7.31. The summed E-state index contributed by atoms with van der Waals surface area (Å²) in [7, 11) is 1.91. The van der Waals surface area contributed by atoms with Gasteiger partial charge in [-0.3, -0.25) is 4.79 Å². The topological polar surface area (TPSA) is 58.6 Å². The van der Waals surface area contributed by atoms with Crippen molar-refractivity contribution in [2.24, 2.45) is 0 Å². The Hall–Kier alpha value is -2.33. The van der Waals surface area contributed by atoms with E-state index in [9.17, 15) is 4.79 Å². The smallest absolute Gasteiger partial charge is 0.303 e. The lowest BCUT2D eigenvalue weighted by Crippen LogP contribution is -2.04. The van der Waals surface area contributed by atoms with E-state index in [1.807, 2.05) is 56.4 Å². The summed E-state index contributed by atoms with van der Waals surface area (Å²) >= 11 is 0. The molecular weight excluding hydrogens is 278 g/mol. The second-order valence-electron chi connectivity index (χ2n) is 5.26. The van der Waals surface area contributed by atoms with Gasteiger partial charge in [-0.05, 0) is 61.3 Å². The van der Waals surface area contributed by atoms with E-state index in [-0.39, 0.29) is 6.42 Å². The summed E-state index contributed by atoms with van der Waals surface area (Å²) in [4.78, 5) is 10.6. The molecule has 4 nitrogen and oxygen atoms in total. The summed E-state index contributed by atoms with van der Waals surface area (Å²) in [6.07, 6.45) is 0.687. The average Bonchev–Trinajstić information content (AvgIpc) is 2.47. The first kappa shape index (κ1) is 16.0. The number of carboxylic acids is 1. The zero-order valence-electron chi connectivity index (χ0n) is 12.9. The van der Waals surface area contributed by atoms with Crippen molar-refractivity contribution >= 4 is 5.97 Å². The van der Waals surface area contributed by atoms with E-state index in [0.29, 0.717) is 6.42 Å². The first-order chi connectivity index (χ1) is 10.6. The highest BCUT2D eigenvalue weighted by atomic mass is 16.5. The van der Waals surface area contributed by atoms with Crippen LogP contribution in [-0.4, -0.2) is 18.1 Å². The summed E-state index contributed by atoms with van der Waals surface area (Å²) < 4.78 is 5.88. The van der Waals surface area contributed by atoms with Crippen LogP contribution < -0.4 is 10.1 Å². The summed E-state index contributed by atoms with van der Waals surface area (Å²) in [5.41, 5.74) is 3.25. The minimum Gasteiger partial charge on any atom is -0.481 e. The normalized spacial score (nSPS) is 10.5. The average molecular weight is 299 g/mol. The lowest BCUT2D eigenvalue weighted by molar-refractivity contribution is -0.136. The van der Waals surface area contributed by atoms with E-state index in [2.05, 4.69) is 5.32 Å². The van der Waals surface area contributed by atoms with Crippen LogP contribution in [0.15, 0.2) is 42.5 Å². The van der Waals surface area contributed by atoms with Crippen molar-refractivity contribution in [1.82, 2.24) is 5.32 Å². The van der Waals surface area contributed by atoms with Gasteiger partial charge in [0.1, 0.15) is 11.5 Å². The lowest BCUT2D eigenvalue weighted by Gasteiger charge is -2.10. The molecule has 0 aromatic heterocycles. The van der Waals surface area contributed by atoms with Crippen molar-refractivity contribution in [2.75, 3.05) is 7.05 Å². The number of carbonyl (C=O) groups is 1. The second-order valence-corrected chi connectivity index (χ2v) is 5.26. The number of hydrogen-bond acceptors (Lipinski definition) is 3. The monoisotopic (exact) mass is 299 g/mol. The van der Waals surface area contributed by atoms with E-state index < -0.39 is 5.97 Å². The molecule has 2 aromatic carbocycles. The van der Waals surface area contributed by atoms with Gasteiger partial charge in [0, 0.05) is 13.0 Å². The molecule has 0 bridgehead atoms. The zero-order chi connectivity index (χ0) is 15.9. The molecule has 0 amide bonds. The molecule has 22 heavy (non-hydrogen) atoms. The Balaban J connectivity index is 2.08. The maximum Gasteiger partial charge on any atom is 0.303 e. The molecule has 116 valence electrons. The molecule has 0 atom stereocenters. The maximum atomic E-state index is 10.6. The number of rotatable bonds is 7. The minimum atomic E-state index is -0.777. The van der Waals surface area contributed by atoms with Crippen LogP contribution in [-0.2, 0) is 17.8 Å². The molecule has 0 fully saturated rings. The Bertz CT molecular complexity index is 653. The van der Waals surface area contributed by atoms with Gasteiger partial charge in [-0.1, -0.05) is 18.2 Å². The Morgan fingerprint density at radius 2 is 1.95 bits per heavy atom. The molecule has 0 aliphatic carbocycles. The van der Waals surface area contributed by atoms with Crippen molar-refractivity contribution in [2.45, 2.75) is 26.3 Å². The first-order valence-corrected chi connectivity index (χ1v) is 7.31. The Kier molecular flexibility index (Phi) is 5.55. The molecular formula is C18H21NO3. The molecule has 0 unspecified atom stereocenters. The molecule has 4 heteroatoms. The maximum absolute atomic E-state index is 10.6. The van der Waals surface area contributed by atoms with Crippen molar-refractivity contribution in [3.05, 3.63) is 59.2 Å². The number of benzene rings is 2. The summed E-state index contributed by atoms with van der Waals surface area (Å²) in [5, 5.41) is 11.9. The third-order valence-corrected chi connectivity index (χ3v) is 3.44. The molecule has 0 saturated heterocycles. The molecule has 2 aromatic rings. The quantitative estimate of drug-likeness (QED) is 0.821. The standard InChI is InChI=1S/C18H21NO3/c1-13-10-17(8-6-15(13)7-9-18(20)21)22-16-5-3-4-14(11-16)12-19-2/h3-6,8,10-11,19H,7,9,12H2,1-2H3,(H,20,21). The largest absolute Gasteiger partial charge is 0.481 e. The fourth-order valence-corrected chi connectivity index (χ4v) is 2.31. The Morgan fingerprint density at radius 3 is 2.64 bits per heavy atom.